The van der Waals surface area contributed by atoms with Crippen LogP contribution in [0.3, 0.4) is 0 Å². The molecule has 1 aromatic heterocycles. The van der Waals surface area contributed by atoms with Gasteiger partial charge < -0.3 is 10.1 Å². The number of hydrogen-bond donors (Lipinski definition) is 2. The van der Waals surface area contributed by atoms with Crippen molar-refractivity contribution in [3.63, 3.8) is 0 Å². The van der Waals surface area contributed by atoms with Gasteiger partial charge in [-0.15, -0.1) is 0 Å². The zero-order valence-corrected chi connectivity index (χ0v) is 11.5. The molecule has 0 saturated carbocycles. The summed E-state index contributed by atoms with van der Waals surface area (Å²) in [5, 5.41) is 3.22. The summed E-state index contributed by atoms with van der Waals surface area (Å²) in [7, 11) is 0. The number of nitrogens with one attached hydrogen (secondary N) is 3. The van der Waals surface area contributed by atoms with E-state index in [0.29, 0.717) is 10.7 Å². The molecule has 2 rings (SSSR count). The average Bonchev–Trinajstić information content (AvgIpc) is 2.91. The molecule has 20 heavy (non-hydrogen) atoms. The maximum Gasteiger partial charge on any atom is 0.383 e. The molecule has 0 aliphatic heterocycles. The number of imidazole rings is 1. The molecule has 0 fully saturated rings. The predicted molar refractivity (Wildman–Crippen MR) is 72.7 cm³/mol. The molecule has 0 spiro atoms. The highest BCUT2D eigenvalue weighted by molar-refractivity contribution is 6.30. The Bertz CT molecular complexity index is 622. The fourth-order valence-corrected chi connectivity index (χ4v) is 1.72. The fraction of sp³-hybridized carbons (Fsp3) is 0.154. The van der Waals surface area contributed by atoms with Crippen LogP contribution in [0.1, 0.15) is 27.9 Å². The summed E-state index contributed by atoms with van der Waals surface area (Å²) in [6.45, 7) is 1.92. The van der Waals surface area contributed by atoms with Gasteiger partial charge in [-0.1, -0.05) is 11.6 Å². The molecule has 1 aromatic carbocycles. The molecule has 0 radical (unpaired) electrons. The topological polar surface area (TPSA) is 85.3 Å². The van der Waals surface area contributed by atoms with Crippen molar-refractivity contribution in [2.24, 2.45) is 0 Å². The first-order valence-electron chi connectivity index (χ1n) is 5.95. The molecule has 104 valence electrons. The summed E-state index contributed by atoms with van der Waals surface area (Å²) in [4.78, 5) is 29.1. The molecule has 0 saturated heterocycles. The van der Waals surface area contributed by atoms with E-state index in [9.17, 15) is 9.59 Å². The van der Waals surface area contributed by atoms with Gasteiger partial charge in [-0.3, -0.25) is 4.79 Å². The number of hydrogen-bond acceptors (Lipinski definition) is 3. The fourth-order valence-electron chi connectivity index (χ4n) is 1.59. The van der Waals surface area contributed by atoms with Gasteiger partial charge in [0.15, 0.2) is 0 Å². The van der Waals surface area contributed by atoms with E-state index in [0.717, 1.165) is 0 Å². The Balaban J connectivity index is 2.15. The van der Waals surface area contributed by atoms with Crippen LogP contribution in [0.5, 0.6) is 0 Å². The number of esters is 1. The third kappa shape index (κ3) is 3.16. The molecule has 0 aliphatic rings. The standard InChI is InChI=1S/C13H12ClN3O3/c1-2-20-13(19)11-10(15-7-16-11)12(18)17-9-5-3-8(14)4-6-9/h3-7H,2H2,1H3,(H,15,16)(H,17,18)/p+1. The smallest absolute Gasteiger partial charge is 0.383 e. The van der Waals surface area contributed by atoms with E-state index in [1.165, 1.54) is 6.33 Å². The lowest BCUT2D eigenvalue weighted by atomic mass is 10.2. The van der Waals surface area contributed by atoms with Gasteiger partial charge in [0.1, 0.15) is 0 Å². The first-order valence-corrected chi connectivity index (χ1v) is 6.32. The Morgan fingerprint density at radius 2 is 2.05 bits per heavy atom. The molecule has 7 heteroatoms. The van der Waals surface area contributed by atoms with Crippen molar-refractivity contribution in [3.8, 4) is 0 Å². The van der Waals surface area contributed by atoms with Crippen LogP contribution in [0, 0.1) is 0 Å². The number of rotatable bonds is 4. The molecular formula is C13H13ClN3O3+. The molecule has 3 N–H and O–H groups in total. The van der Waals surface area contributed by atoms with Crippen molar-refractivity contribution >= 4 is 29.2 Å². The van der Waals surface area contributed by atoms with E-state index in [1.54, 1.807) is 31.2 Å². The Morgan fingerprint density at radius 3 is 2.70 bits per heavy atom. The number of amides is 1. The minimum absolute atomic E-state index is 0.0818. The number of carbonyl (C=O) groups is 2. The monoisotopic (exact) mass is 294 g/mol. The van der Waals surface area contributed by atoms with Gasteiger partial charge in [-0.2, -0.15) is 0 Å². The average molecular weight is 295 g/mol. The number of halogens is 1. The van der Waals surface area contributed by atoms with Gasteiger partial charge in [0.05, 0.1) is 6.61 Å². The molecule has 1 amide bonds. The lowest BCUT2D eigenvalue weighted by Gasteiger charge is -2.03. The highest BCUT2D eigenvalue weighted by Gasteiger charge is 2.26. The lowest BCUT2D eigenvalue weighted by molar-refractivity contribution is -0.379. The van der Waals surface area contributed by atoms with Crippen LogP contribution in [0.4, 0.5) is 5.69 Å². The lowest BCUT2D eigenvalue weighted by Crippen LogP contribution is -2.23. The van der Waals surface area contributed by atoms with Crippen molar-refractivity contribution in [1.82, 2.24) is 4.98 Å². The number of carbonyl (C=O) groups excluding carboxylic acids is 2. The first kappa shape index (κ1) is 14.1. The largest absolute Gasteiger partial charge is 0.460 e. The van der Waals surface area contributed by atoms with E-state index in [-0.39, 0.29) is 18.0 Å². The molecule has 0 bridgehead atoms. The number of benzene rings is 1. The van der Waals surface area contributed by atoms with E-state index < -0.39 is 11.9 Å². The van der Waals surface area contributed by atoms with E-state index in [2.05, 4.69) is 15.3 Å². The summed E-state index contributed by atoms with van der Waals surface area (Å²) in [5.74, 6) is -1.04. The predicted octanol–water partition coefficient (Wildman–Crippen LogP) is 1.91. The van der Waals surface area contributed by atoms with Gasteiger partial charge in [0, 0.05) is 10.7 Å². The molecule has 0 unspecified atom stereocenters. The zero-order chi connectivity index (χ0) is 14.5. The van der Waals surface area contributed by atoms with Crippen molar-refractivity contribution < 1.29 is 19.3 Å². The Labute approximate surface area is 120 Å². The van der Waals surface area contributed by atoms with Crippen molar-refractivity contribution in [1.29, 1.82) is 0 Å². The molecule has 0 atom stereocenters. The quantitative estimate of drug-likeness (QED) is 0.845. The number of aromatic amines is 2. The zero-order valence-electron chi connectivity index (χ0n) is 10.7. The number of aromatic nitrogens is 2. The second kappa shape index (κ2) is 6.21. The summed E-state index contributed by atoms with van der Waals surface area (Å²) in [6.07, 6.45) is 1.39. The normalized spacial score (nSPS) is 10.1. The second-order valence-electron chi connectivity index (χ2n) is 3.86. The molecular weight excluding hydrogens is 282 g/mol. The Hall–Kier alpha value is -2.34. The molecule has 6 nitrogen and oxygen atoms in total. The van der Waals surface area contributed by atoms with Crippen LogP contribution in [-0.2, 0) is 4.74 Å². The van der Waals surface area contributed by atoms with Gasteiger partial charge in [-0.25, -0.2) is 14.8 Å². The van der Waals surface area contributed by atoms with Crippen LogP contribution in [0.2, 0.25) is 5.02 Å². The second-order valence-corrected chi connectivity index (χ2v) is 4.30. The summed E-state index contributed by atoms with van der Waals surface area (Å²) in [6, 6.07) is 6.64. The Morgan fingerprint density at radius 1 is 1.35 bits per heavy atom. The number of anilines is 1. The molecule has 2 aromatic rings. The van der Waals surface area contributed by atoms with Crippen LogP contribution < -0.4 is 10.3 Å². The minimum atomic E-state index is -0.588. The highest BCUT2D eigenvalue weighted by Crippen LogP contribution is 2.14. The Kier molecular flexibility index (Phi) is 4.37. The van der Waals surface area contributed by atoms with Crippen LogP contribution >= 0.6 is 11.6 Å². The van der Waals surface area contributed by atoms with Crippen molar-refractivity contribution in [2.45, 2.75) is 6.92 Å². The van der Waals surface area contributed by atoms with Crippen LogP contribution in [0.25, 0.3) is 0 Å². The summed E-state index contributed by atoms with van der Waals surface area (Å²) >= 11 is 5.76. The highest BCUT2D eigenvalue weighted by atomic mass is 35.5. The van der Waals surface area contributed by atoms with Crippen LogP contribution in [0.15, 0.2) is 30.6 Å². The third-order valence-corrected chi connectivity index (χ3v) is 2.74. The van der Waals surface area contributed by atoms with Crippen molar-refractivity contribution in [2.75, 3.05) is 11.9 Å². The maximum absolute atomic E-state index is 12.1. The van der Waals surface area contributed by atoms with E-state index in [4.69, 9.17) is 16.3 Å². The van der Waals surface area contributed by atoms with Gasteiger partial charge in [0.2, 0.25) is 12.0 Å². The van der Waals surface area contributed by atoms with E-state index in [1.807, 2.05) is 0 Å². The van der Waals surface area contributed by atoms with E-state index >= 15 is 0 Å². The number of H-pyrrole nitrogens is 2. The summed E-state index contributed by atoms with van der Waals surface area (Å²) in [5.41, 5.74) is 0.764. The molecule has 1 heterocycles. The van der Waals surface area contributed by atoms with Crippen molar-refractivity contribution in [3.05, 3.63) is 47.0 Å². The van der Waals surface area contributed by atoms with Gasteiger partial charge in [0.25, 0.3) is 11.6 Å². The molecule has 0 aliphatic carbocycles. The van der Waals surface area contributed by atoms with Gasteiger partial charge in [-0.05, 0) is 31.2 Å². The SMILES string of the molecule is CCOC(=O)c1[nH]c[nH+]c1C(=O)Nc1ccc(Cl)cc1. The summed E-state index contributed by atoms with van der Waals surface area (Å²) < 4.78 is 4.86. The third-order valence-electron chi connectivity index (χ3n) is 2.49. The number of ether oxygens (including phenoxy) is 1. The minimum Gasteiger partial charge on any atom is -0.460 e. The maximum atomic E-state index is 12.1. The van der Waals surface area contributed by atoms with Crippen LogP contribution in [-0.4, -0.2) is 23.5 Å². The van der Waals surface area contributed by atoms with Gasteiger partial charge >= 0.3 is 5.97 Å². The first-order chi connectivity index (χ1) is 9.61.